The van der Waals surface area contributed by atoms with E-state index in [4.69, 9.17) is 33.4 Å². The quantitative estimate of drug-likeness (QED) is 0.266. The van der Waals surface area contributed by atoms with E-state index < -0.39 is 0 Å². The van der Waals surface area contributed by atoms with Crippen molar-refractivity contribution in [1.29, 1.82) is 0 Å². The van der Waals surface area contributed by atoms with E-state index in [1.807, 2.05) is 71.0 Å². The standard InChI is InChI=1S/C31H31Cl2N5O/c1-19-9-28(35-37(19)17-20-7-8-26(32)27(33)13-20)34-30(39)25-18-38(24-5-3-2-4-6-24)36-29(25)31-14-21-10-22(15-31)12-23(11-21)16-31/h2-9,13,18,21-23H,10-12,14-17H2,1H3,(H,34,35,39). The van der Waals surface area contributed by atoms with Gasteiger partial charge in [0.15, 0.2) is 5.82 Å². The topological polar surface area (TPSA) is 64.7 Å². The van der Waals surface area contributed by atoms with E-state index in [0.717, 1.165) is 59.7 Å². The van der Waals surface area contributed by atoms with Gasteiger partial charge in [-0.3, -0.25) is 9.48 Å². The average Bonchev–Trinajstić information content (AvgIpc) is 3.50. The number of hydrogen-bond acceptors (Lipinski definition) is 3. The summed E-state index contributed by atoms with van der Waals surface area (Å²) in [4.78, 5) is 13.9. The monoisotopic (exact) mass is 559 g/mol. The summed E-state index contributed by atoms with van der Waals surface area (Å²) in [5, 5.41) is 14.0. The Hall–Kier alpha value is -3.09. The third kappa shape index (κ3) is 4.57. The van der Waals surface area contributed by atoms with Crippen molar-refractivity contribution in [3.8, 4) is 5.69 Å². The van der Waals surface area contributed by atoms with Crippen LogP contribution in [0.25, 0.3) is 5.69 Å². The van der Waals surface area contributed by atoms with Crippen molar-refractivity contribution in [3.63, 3.8) is 0 Å². The smallest absolute Gasteiger partial charge is 0.260 e. The van der Waals surface area contributed by atoms with Crippen LogP contribution in [0, 0.1) is 24.7 Å². The number of aryl methyl sites for hydroxylation is 1. The highest BCUT2D eigenvalue weighted by Crippen LogP contribution is 2.61. The van der Waals surface area contributed by atoms with Crippen molar-refractivity contribution in [2.45, 2.75) is 57.4 Å². The summed E-state index contributed by atoms with van der Waals surface area (Å²) >= 11 is 12.3. The summed E-state index contributed by atoms with van der Waals surface area (Å²) in [6, 6.07) is 17.5. The molecular weight excluding hydrogens is 529 g/mol. The Balaban J connectivity index is 1.20. The number of hydrogen-bond donors (Lipinski definition) is 1. The minimum Gasteiger partial charge on any atom is -0.305 e. The van der Waals surface area contributed by atoms with Crippen LogP contribution in [0.4, 0.5) is 5.82 Å². The largest absolute Gasteiger partial charge is 0.305 e. The minimum atomic E-state index is -0.151. The Labute approximate surface area is 238 Å². The van der Waals surface area contributed by atoms with Crippen LogP contribution in [0.1, 0.15) is 65.8 Å². The number of amides is 1. The molecule has 200 valence electrons. The summed E-state index contributed by atoms with van der Waals surface area (Å²) in [7, 11) is 0. The van der Waals surface area contributed by atoms with E-state index in [2.05, 4.69) is 5.32 Å². The number of aromatic nitrogens is 4. The molecule has 1 amide bonds. The van der Waals surface area contributed by atoms with Crippen LogP contribution in [0.5, 0.6) is 0 Å². The average molecular weight is 561 g/mol. The highest BCUT2D eigenvalue weighted by atomic mass is 35.5. The number of anilines is 1. The SMILES string of the molecule is Cc1cc(NC(=O)c2cn(-c3ccccc3)nc2C23CC4CC(CC(C4)C2)C3)nn1Cc1ccc(Cl)c(Cl)c1. The fraction of sp³-hybridized carbons (Fsp3) is 0.387. The highest BCUT2D eigenvalue weighted by Gasteiger charge is 2.54. The molecule has 4 aromatic rings. The molecule has 2 aromatic carbocycles. The number of para-hydroxylation sites is 1. The van der Waals surface area contributed by atoms with Crippen LogP contribution in [0.3, 0.4) is 0 Å². The van der Waals surface area contributed by atoms with Gasteiger partial charge in [0.1, 0.15) is 0 Å². The number of nitrogens with zero attached hydrogens (tertiary/aromatic N) is 4. The van der Waals surface area contributed by atoms with E-state index >= 15 is 0 Å². The zero-order chi connectivity index (χ0) is 26.7. The molecule has 4 aliphatic carbocycles. The van der Waals surface area contributed by atoms with E-state index in [1.165, 1.54) is 19.3 Å². The van der Waals surface area contributed by atoms with Crippen LogP contribution in [0.15, 0.2) is 60.8 Å². The first-order chi connectivity index (χ1) is 18.8. The van der Waals surface area contributed by atoms with Gasteiger partial charge in [0.05, 0.1) is 33.5 Å². The molecule has 8 rings (SSSR count). The lowest BCUT2D eigenvalue weighted by Gasteiger charge is -2.56. The molecular formula is C31H31Cl2N5O. The molecule has 8 heteroatoms. The Bertz CT molecular complexity index is 1520. The van der Waals surface area contributed by atoms with Gasteiger partial charge < -0.3 is 5.32 Å². The Morgan fingerprint density at radius 3 is 2.31 bits per heavy atom. The number of nitrogens with one attached hydrogen (secondary N) is 1. The van der Waals surface area contributed by atoms with Crippen LogP contribution in [-0.4, -0.2) is 25.5 Å². The molecule has 2 heterocycles. The van der Waals surface area contributed by atoms with Gasteiger partial charge in [0, 0.05) is 23.4 Å². The van der Waals surface area contributed by atoms with Crippen molar-refractivity contribution < 1.29 is 4.79 Å². The normalized spacial score (nSPS) is 25.3. The predicted octanol–water partition coefficient (Wildman–Crippen LogP) is 7.45. The molecule has 0 atom stereocenters. The minimum absolute atomic E-state index is 0.00934. The number of benzene rings is 2. The molecule has 4 bridgehead atoms. The van der Waals surface area contributed by atoms with Gasteiger partial charge in [0.25, 0.3) is 5.91 Å². The summed E-state index contributed by atoms with van der Waals surface area (Å²) in [5.74, 6) is 2.65. The second kappa shape index (κ2) is 9.53. The fourth-order valence-electron chi connectivity index (χ4n) is 7.77. The summed E-state index contributed by atoms with van der Waals surface area (Å²) < 4.78 is 3.75. The van der Waals surface area contributed by atoms with Gasteiger partial charge in [-0.25, -0.2) is 4.68 Å². The Kier molecular flexibility index (Phi) is 6.09. The molecule has 1 N–H and O–H groups in total. The first-order valence-electron chi connectivity index (χ1n) is 13.8. The van der Waals surface area contributed by atoms with Crippen molar-refractivity contribution in [2.24, 2.45) is 17.8 Å². The molecule has 0 spiro atoms. The third-order valence-corrected chi connectivity index (χ3v) is 9.80. The lowest BCUT2D eigenvalue weighted by atomic mass is 9.48. The molecule has 0 saturated heterocycles. The maximum atomic E-state index is 13.9. The fourth-order valence-corrected chi connectivity index (χ4v) is 8.09. The maximum absolute atomic E-state index is 13.9. The van der Waals surface area contributed by atoms with Gasteiger partial charge >= 0.3 is 0 Å². The van der Waals surface area contributed by atoms with Gasteiger partial charge in [0.2, 0.25) is 0 Å². The third-order valence-electron chi connectivity index (χ3n) is 9.06. The molecule has 0 aliphatic heterocycles. The lowest BCUT2D eigenvalue weighted by molar-refractivity contribution is -0.00765. The molecule has 4 fully saturated rings. The molecule has 0 unspecified atom stereocenters. The molecule has 0 radical (unpaired) electrons. The molecule has 2 aromatic heterocycles. The molecule has 39 heavy (non-hydrogen) atoms. The van der Waals surface area contributed by atoms with Crippen molar-refractivity contribution in [3.05, 3.63) is 93.4 Å². The number of rotatable bonds is 6. The zero-order valence-corrected chi connectivity index (χ0v) is 23.4. The van der Waals surface area contributed by atoms with Gasteiger partial charge in [-0.2, -0.15) is 10.2 Å². The first-order valence-corrected chi connectivity index (χ1v) is 14.6. The van der Waals surface area contributed by atoms with Crippen LogP contribution in [-0.2, 0) is 12.0 Å². The summed E-state index contributed by atoms with van der Waals surface area (Å²) in [6.07, 6.45) is 9.37. The molecule has 4 aliphatic rings. The number of carbonyl (C=O) groups excluding carboxylic acids is 1. The van der Waals surface area contributed by atoms with Crippen LogP contribution < -0.4 is 5.32 Å². The highest BCUT2D eigenvalue weighted by molar-refractivity contribution is 6.42. The predicted molar refractivity (Wildman–Crippen MR) is 154 cm³/mol. The van der Waals surface area contributed by atoms with Crippen molar-refractivity contribution >= 4 is 34.9 Å². The van der Waals surface area contributed by atoms with E-state index in [-0.39, 0.29) is 11.3 Å². The van der Waals surface area contributed by atoms with Gasteiger partial charge in [-0.05, 0) is 93.0 Å². The van der Waals surface area contributed by atoms with Crippen LogP contribution >= 0.6 is 23.2 Å². The second-order valence-corrected chi connectivity index (χ2v) is 12.7. The van der Waals surface area contributed by atoms with E-state index in [1.54, 1.807) is 6.07 Å². The Morgan fingerprint density at radius 1 is 0.949 bits per heavy atom. The van der Waals surface area contributed by atoms with Gasteiger partial charge in [-0.1, -0.05) is 47.5 Å². The Morgan fingerprint density at radius 2 is 1.64 bits per heavy atom. The second-order valence-electron chi connectivity index (χ2n) is 11.9. The number of carbonyl (C=O) groups is 1. The summed E-state index contributed by atoms with van der Waals surface area (Å²) in [6.45, 7) is 2.51. The van der Waals surface area contributed by atoms with Crippen molar-refractivity contribution in [1.82, 2.24) is 19.6 Å². The lowest BCUT2D eigenvalue weighted by Crippen LogP contribution is -2.49. The zero-order valence-electron chi connectivity index (χ0n) is 21.9. The first kappa shape index (κ1) is 24.9. The summed E-state index contributed by atoms with van der Waals surface area (Å²) in [5.41, 5.74) is 4.51. The van der Waals surface area contributed by atoms with Crippen LogP contribution in [0.2, 0.25) is 10.0 Å². The van der Waals surface area contributed by atoms with Crippen molar-refractivity contribution in [2.75, 3.05) is 5.32 Å². The van der Waals surface area contributed by atoms with E-state index in [9.17, 15) is 4.79 Å². The number of halogens is 2. The van der Waals surface area contributed by atoms with Gasteiger partial charge in [-0.15, -0.1) is 0 Å². The maximum Gasteiger partial charge on any atom is 0.260 e. The molecule has 4 saturated carbocycles. The van der Waals surface area contributed by atoms with E-state index in [0.29, 0.717) is 28.0 Å². The molecule has 6 nitrogen and oxygen atoms in total.